The standard InChI is InChI=1S/C12H20IN5OSi/c1-11(2,3)20-19-12(4,5)18-9-7(17-10(18)13)8(14)15-6-16-9/h6H,20H2,1-5H3,(H2,14,15,16). The summed E-state index contributed by atoms with van der Waals surface area (Å²) in [6, 6.07) is 0. The minimum absolute atomic E-state index is 0.229. The lowest BCUT2D eigenvalue weighted by Gasteiger charge is -2.31. The zero-order chi connectivity index (χ0) is 15.1. The number of halogens is 1. The van der Waals surface area contributed by atoms with Crippen LogP contribution in [0.4, 0.5) is 5.82 Å². The second-order valence-electron chi connectivity index (χ2n) is 6.44. The molecule has 0 aliphatic carbocycles. The van der Waals surface area contributed by atoms with E-state index < -0.39 is 15.5 Å². The van der Waals surface area contributed by atoms with Crippen molar-refractivity contribution < 1.29 is 4.43 Å². The fraction of sp³-hybridized carbons (Fsp3) is 0.583. The molecule has 8 heteroatoms. The van der Waals surface area contributed by atoms with Crippen molar-refractivity contribution in [1.29, 1.82) is 0 Å². The van der Waals surface area contributed by atoms with Gasteiger partial charge in [-0.2, -0.15) is 0 Å². The molecule has 0 spiro atoms. The van der Waals surface area contributed by atoms with Gasteiger partial charge in [-0.05, 0) is 18.9 Å². The number of imidazole rings is 1. The van der Waals surface area contributed by atoms with E-state index in [0.717, 1.165) is 9.48 Å². The summed E-state index contributed by atoms with van der Waals surface area (Å²) < 4.78 is 9.01. The van der Waals surface area contributed by atoms with Gasteiger partial charge in [-0.3, -0.25) is 4.57 Å². The zero-order valence-corrected chi connectivity index (χ0v) is 16.0. The number of rotatable bonds is 3. The Balaban J connectivity index is 2.46. The summed E-state index contributed by atoms with van der Waals surface area (Å²) in [5.74, 6) is 0.399. The van der Waals surface area contributed by atoms with Crippen LogP contribution in [0.1, 0.15) is 34.6 Å². The van der Waals surface area contributed by atoms with Crippen molar-refractivity contribution in [3.8, 4) is 0 Å². The number of nitrogens with two attached hydrogens (primary N) is 1. The van der Waals surface area contributed by atoms with Crippen molar-refractivity contribution in [2.75, 3.05) is 5.73 Å². The maximum absolute atomic E-state index is 6.22. The van der Waals surface area contributed by atoms with E-state index in [2.05, 4.69) is 58.3 Å². The number of fused-ring (bicyclic) bond motifs is 1. The maximum Gasteiger partial charge on any atom is 0.176 e. The monoisotopic (exact) mass is 405 g/mol. The normalized spacial score (nSPS) is 13.7. The van der Waals surface area contributed by atoms with E-state index in [4.69, 9.17) is 10.2 Å². The van der Waals surface area contributed by atoms with E-state index in [-0.39, 0.29) is 5.04 Å². The minimum Gasteiger partial charge on any atom is -0.402 e. The van der Waals surface area contributed by atoms with E-state index in [1.54, 1.807) is 0 Å². The first-order valence-electron chi connectivity index (χ1n) is 6.41. The van der Waals surface area contributed by atoms with Gasteiger partial charge in [-0.25, -0.2) is 15.0 Å². The fourth-order valence-corrected chi connectivity index (χ4v) is 3.78. The Kier molecular flexibility index (Phi) is 4.09. The third-order valence-corrected chi connectivity index (χ3v) is 5.27. The highest BCUT2D eigenvalue weighted by Gasteiger charge is 2.29. The topological polar surface area (TPSA) is 78.9 Å². The second-order valence-corrected chi connectivity index (χ2v) is 10.1. The van der Waals surface area contributed by atoms with Crippen molar-refractivity contribution in [2.45, 2.75) is 45.4 Å². The van der Waals surface area contributed by atoms with Gasteiger partial charge in [0, 0.05) is 22.6 Å². The smallest absolute Gasteiger partial charge is 0.176 e. The molecule has 0 bridgehead atoms. The van der Waals surface area contributed by atoms with Crippen LogP contribution in [0.2, 0.25) is 5.04 Å². The highest BCUT2D eigenvalue weighted by Crippen LogP contribution is 2.30. The largest absolute Gasteiger partial charge is 0.402 e. The van der Waals surface area contributed by atoms with E-state index >= 15 is 0 Å². The van der Waals surface area contributed by atoms with Crippen molar-refractivity contribution in [2.24, 2.45) is 0 Å². The first kappa shape index (κ1) is 15.6. The molecule has 0 atom stereocenters. The quantitative estimate of drug-likeness (QED) is 0.480. The van der Waals surface area contributed by atoms with Crippen LogP contribution < -0.4 is 5.73 Å². The van der Waals surface area contributed by atoms with E-state index in [1.807, 2.05) is 18.4 Å². The summed E-state index contributed by atoms with van der Waals surface area (Å²) in [6.07, 6.45) is 1.46. The van der Waals surface area contributed by atoms with Crippen LogP contribution in [0.5, 0.6) is 0 Å². The highest BCUT2D eigenvalue weighted by molar-refractivity contribution is 14.1. The Morgan fingerprint density at radius 3 is 2.50 bits per heavy atom. The third-order valence-electron chi connectivity index (χ3n) is 2.83. The molecule has 0 radical (unpaired) electrons. The molecule has 0 fully saturated rings. The van der Waals surface area contributed by atoms with Gasteiger partial charge in [0.25, 0.3) is 0 Å². The van der Waals surface area contributed by atoms with Crippen molar-refractivity contribution in [1.82, 2.24) is 19.5 Å². The molecule has 110 valence electrons. The molecule has 6 nitrogen and oxygen atoms in total. The lowest BCUT2D eigenvalue weighted by molar-refractivity contribution is 0.0313. The summed E-state index contributed by atoms with van der Waals surface area (Å²) in [7, 11) is -0.695. The number of hydrogen-bond donors (Lipinski definition) is 1. The molecule has 2 N–H and O–H groups in total. The first-order chi connectivity index (χ1) is 9.12. The number of hydrogen-bond acceptors (Lipinski definition) is 5. The lowest BCUT2D eigenvalue weighted by atomic mass is 10.3. The molecule has 0 amide bonds. The van der Waals surface area contributed by atoms with Crippen LogP contribution in [0.15, 0.2) is 6.33 Å². The SMILES string of the molecule is CC(C)(C)[SiH2]OC(C)(C)n1c(I)nc2c(N)ncnc21. The summed E-state index contributed by atoms with van der Waals surface area (Å²) >= 11 is 2.18. The number of anilines is 1. The molecular formula is C12H20IN5OSi. The van der Waals surface area contributed by atoms with Gasteiger partial charge in [-0.15, -0.1) is 0 Å². The summed E-state index contributed by atoms with van der Waals surface area (Å²) in [4.78, 5) is 12.8. The van der Waals surface area contributed by atoms with Gasteiger partial charge in [-0.1, -0.05) is 20.8 Å². The average molecular weight is 405 g/mol. The highest BCUT2D eigenvalue weighted by atomic mass is 127. The van der Waals surface area contributed by atoms with Crippen LogP contribution in [0.3, 0.4) is 0 Å². The first-order valence-corrected chi connectivity index (χ1v) is 8.77. The molecular weight excluding hydrogens is 385 g/mol. The Bertz CT molecular complexity index is 635. The summed E-state index contributed by atoms with van der Waals surface area (Å²) in [6.45, 7) is 10.7. The molecule has 20 heavy (non-hydrogen) atoms. The molecule has 2 aromatic heterocycles. The maximum atomic E-state index is 6.22. The molecule has 0 aromatic carbocycles. The summed E-state index contributed by atoms with van der Waals surface area (Å²) in [5.41, 5.74) is 6.72. The molecule has 0 aliphatic rings. The fourth-order valence-electron chi connectivity index (χ4n) is 1.82. The van der Waals surface area contributed by atoms with E-state index in [0.29, 0.717) is 11.3 Å². The predicted octanol–water partition coefficient (Wildman–Crippen LogP) is 2.02. The van der Waals surface area contributed by atoms with E-state index in [1.165, 1.54) is 6.33 Å². The average Bonchev–Trinajstić information content (AvgIpc) is 2.64. The van der Waals surface area contributed by atoms with Gasteiger partial charge < -0.3 is 10.2 Å². The number of aromatic nitrogens is 4. The molecule has 2 heterocycles. The summed E-state index contributed by atoms with van der Waals surface area (Å²) in [5, 5.41) is 0.229. The van der Waals surface area contributed by atoms with Crippen LogP contribution >= 0.6 is 22.6 Å². The molecule has 0 unspecified atom stereocenters. The zero-order valence-electron chi connectivity index (χ0n) is 12.4. The predicted molar refractivity (Wildman–Crippen MR) is 91.1 cm³/mol. The van der Waals surface area contributed by atoms with E-state index in [9.17, 15) is 0 Å². The van der Waals surface area contributed by atoms with Gasteiger partial charge in [0.1, 0.15) is 12.1 Å². The van der Waals surface area contributed by atoms with Crippen molar-refractivity contribution in [3.05, 3.63) is 10.2 Å². The van der Waals surface area contributed by atoms with Crippen LogP contribution in [-0.4, -0.2) is 29.3 Å². The second kappa shape index (κ2) is 5.23. The van der Waals surface area contributed by atoms with Crippen molar-refractivity contribution >= 4 is 49.3 Å². The molecule has 2 aromatic rings. The van der Waals surface area contributed by atoms with Gasteiger partial charge >= 0.3 is 0 Å². The third kappa shape index (κ3) is 3.12. The molecule has 2 rings (SSSR count). The molecule has 0 saturated heterocycles. The Hall–Kier alpha value is -0.743. The Morgan fingerprint density at radius 1 is 1.25 bits per heavy atom. The number of nitrogens with zero attached hydrogens (tertiary/aromatic N) is 4. The number of nitrogen functional groups attached to an aromatic ring is 1. The van der Waals surface area contributed by atoms with Gasteiger partial charge in [0.05, 0.1) is 0 Å². The molecule has 0 aliphatic heterocycles. The molecule has 0 saturated carbocycles. The van der Waals surface area contributed by atoms with Crippen LogP contribution in [-0.2, 0) is 10.2 Å². The van der Waals surface area contributed by atoms with Crippen LogP contribution in [0.25, 0.3) is 11.2 Å². The van der Waals surface area contributed by atoms with Gasteiger partial charge in [0.15, 0.2) is 30.6 Å². The lowest BCUT2D eigenvalue weighted by Crippen LogP contribution is -2.34. The van der Waals surface area contributed by atoms with Crippen LogP contribution in [0, 0.1) is 3.83 Å². The minimum atomic E-state index is -0.695. The van der Waals surface area contributed by atoms with Crippen molar-refractivity contribution in [3.63, 3.8) is 0 Å². The van der Waals surface area contributed by atoms with Gasteiger partial charge in [0.2, 0.25) is 0 Å². The Morgan fingerprint density at radius 2 is 1.90 bits per heavy atom. The Labute approximate surface area is 134 Å².